The molecule has 0 saturated carbocycles. The molecule has 0 unspecified atom stereocenters. The van der Waals surface area contributed by atoms with Crippen LogP contribution in [0.15, 0.2) is 29.6 Å². The van der Waals surface area contributed by atoms with E-state index in [2.05, 4.69) is 10.3 Å². The summed E-state index contributed by atoms with van der Waals surface area (Å²) >= 11 is 1.30. The number of hydrogen-bond acceptors (Lipinski definition) is 5. The van der Waals surface area contributed by atoms with Gasteiger partial charge in [0.05, 0.1) is 5.38 Å². The molecule has 14 heavy (non-hydrogen) atoms. The Labute approximate surface area is 84.5 Å². The van der Waals surface area contributed by atoms with Gasteiger partial charge in [0.25, 0.3) is 0 Å². The van der Waals surface area contributed by atoms with Gasteiger partial charge in [-0.25, -0.2) is 0 Å². The van der Waals surface area contributed by atoms with Gasteiger partial charge in [-0.15, -0.1) is 11.3 Å². The van der Waals surface area contributed by atoms with Gasteiger partial charge in [0, 0.05) is 11.8 Å². The van der Waals surface area contributed by atoms with Crippen molar-refractivity contribution in [1.29, 1.82) is 0 Å². The first kappa shape index (κ1) is 8.83. The van der Waals surface area contributed by atoms with E-state index in [1.54, 1.807) is 24.3 Å². The molecule has 0 amide bonds. The van der Waals surface area contributed by atoms with Crippen molar-refractivity contribution in [2.45, 2.75) is 0 Å². The molecule has 0 atom stereocenters. The van der Waals surface area contributed by atoms with Crippen molar-refractivity contribution in [2.24, 2.45) is 0 Å². The molecule has 4 nitrogen and oxygen atoms in total. The Hall–Kier alpha value is -1.75. The van der Waals surface area contributed by atoms with E-state index in [0.717, 1.165) is 5.69 Å². The first-order valence-electron chi connectivity index (χ1n) is 3.94. The minimum atomic E-state index is -0.00217. The van der Waals surface area contributed by atoms with Gasteiger partial charge in [0.2, 0.25) is 5.88 Å². The molecule has 2 aromatic rings. The highest BCUT2D eigenvalue weighted by Gasteiger charge is 2.00. The Balaban J connectivity index is 2.18. The fourth-order valence-electron chi connectivity index (χ4n) is 1.03. The van der Waals surface area contributed by atoms with Gasteiger partial charge < -0.3 is 15.5 Å². The topological polar surface area (TPSA) is 65.4 Å². The van der Waals surface area contributed by atoms with Gasteiger partial charge >= 0.3 is 0 Å². The standard InChI is InChI=1S/C9H8N2O2S/c12-7-3-1-2-6(4-7)10-9-11-8(13)5-14-9/h1-5,12-13H,(H,10,11). The van der Waals surface area contributed by atoms with Crippen LogP contribution in [0.5, 0.6) is 11.6 Å². The van der Waals surface area contributed by atoms with E-state index in [-0.39, 0.29) is 11.6 Å². The van der Waals surface area contributed by atoms with Crippen molar-refractivity contribution in [3.8, 4) is 11.6 Å². The highest BCUT2D eigenvalue weighted by atomic mass is 32.1. The molecule has 1 aromatic heterocycles. The van der Waals surface area contributed by atoms with Crippen LogP contribution in [0.2, 0.25) is 0 Å². The first-order chi connectivity index (χ1) is 6.74. The van der Waals surface area contributed by atoms with Gasteiger partial charge in [-0.05, 0) is 12.1 Å². The maximum atomic E-state index is 9.19. The molecule has 1 aromatic carbocycles. The quantitative estimate of drug-likeness (QED) is 0.708. The lowest BCUT2D eigenvalue weighted by atomic mass is 10.3. The van der Waals surface area contributed by atoms with Crippen LogP contribution < -0.4 is 5.32 Å². The normalized spacial score (nSPS) is 10.0. The molecule has 0 bridgehead atoms. The maximum absolute atomic E-state index is 9.19. The van der Waals surface area contributed by atoms with Crippen LogP contribution in [0.25, 0.3) is 0 Å². The smallest absolute Gasteiger partial charge is 0.223 e. The molecule has 0 fully saturated rings. The summed E-state index contributed by atoms with van der Waals surface area (Å²) in [6.45, 7) is 0. The zero-order valence-electron chi connectivity index (χ0n) is 7.14. The zero-order chi connectivity index (χ0) is 9.97. The summed E-state index contributed by atoms with van der Waals surface area (Å²) in [4.78, 5) is 3.82. The van der Waals surface area contributed by atoms with Crippen molar-refractivity contribution in [3.63, 3.8) is 0 Å². The van der Waals surface area contributed by atoms with Gasteiger partial charge in [-0.3, -0.25) is 0 Å². The number of phenolic OH excluding ortho intramolecular Hbond substituents is 1. The van der Waals surface area contributed by atoms with Crippen molar-refractivity contribution >= 4 is 22.2 Å². The SMILES string of the molecule is Oc1cccc(Nc2nc(O)cs2)c1. The maximum Gasteiger partial charge on any atom is 0.223 e. The Morgan fingerprint density at radius 3 is 2.79 bits per heavy atom. The summed E-state index contributed by atoms with van der Waals surface area (Å²) < 4.78 is 0. The lowest BCUT2D eigenvalue weighted by Gasteiger charge is -2.01. The van der Waals surface area contributed by atoms with E-state index < -0.39 is 0 Å². The van der Waals surface area contributed by atoms with E-state index in [9.17, 15) is 5.11 Å². The number of hydrogen-bond donors (Lipinski definition) is 3. The number of phenols is 1. The summed E-state index contributed by atoms with van der Waals surface area (Å²) in [7, 11) is 0. The number of nitrogens with zero attached hydrogens (tertiary/aromatic N) is 1. The summed E-state index contributed by atoms with van der Waals surface area (Å²) in [5.74, 6) is 0.188. The van der Waals surface area contributed by atoms with Gasteiger partial charge in [0.15, 0.2) is 5.13 Å². The average molecular weight is 208 g/mol. The van der Waals surface area contributed by atoms with E-state index in [0.29, 0.717) is 5.13 Å². The molecule has 5 heteroatoms. The number of anilines is 2. The van der Waals surface area contributed by atoms with E-state index in [1.807, 2.05) is 0 Å². The number of benzene rings is 1. The molecule has 3 N–H and O–H groups in total. The van der Waals surface area contributed by atoms with Crippen LogP contribution in [0.4, 0.5) is 10.8 Å². The third-order valence-electron chi connectivity index (χ3n) is 1.59. The van der Waals surface area contributed by atoms with Crippen LogP contribution in [-0.4, -0.2) is 15.2 Å². The second kappa shape index (κ2) is 3.55. The molecule has 72 valence electrons. The molecule has 0 aliphatic heterocycles. The summed E-state index contributed by atoms with van der Waals surface area (Å²) in [6, 6.07) is 6.70. The van der Waals surface area contributed by atoms with Crippen LogP contribution in [0.1, 0.15) is 0 Å². The van der Waals surface area contributed by atoms with Crippen LogP contribution >= 0.6 is 11.3 Å². The van der Waals surface area contributed by atoms with Gasteiger partial charge in [0.1, 0.15) is 5.75 Å². The van der Waals surface area contributed by atoms with Crippen LogP contribution in [-0.2, 0) is 0 Å². The van der Waals surface area contributed by atoms with E-state index in [4.69, 9.17) is 5.11 Å². The number of thiazole rings is 1. The number of aromatic hydroxyl groups is 2. The predicted molar refractivity (Wildman–Crippen MR) is 55.2 cm³/mol. The lowest BCUT2D eigenvalue weighted by Crippen LogP contribution is -1.87. The largest absolute Gasteiger partial charge is 0.508 e. The molecular weight excluding hydrogens is 200 g/mol. The van der Waals surface area contributed by atoms with Gasteiger partial charge in [-0.1, -0.05) is 6.07 Å². The summed E-state index contributed by atoms with van der Waals surface area (Å²) in [5, 5.41) is 23.3. The fourth-order valence-corrected chi connectivity index (χ4v) is 1.62. The Kier molecular flexibility index (Phi) is 2.24. The third-order valence-corrected chi connectivity index (χ3v) is 2.33. The number of nitrogens with one attached hydrogen (secondary N) is 1. The molecule has 0 spiro atoms. The van der Waals surface area contributed by atoms with Crippen molar-refractivity contribution in [1.82, 2.24) is 4.98 Å². The molecule has 0 aliphatic rings. The highest BCUT2D eigenvalue weighted by Crippen LogP contribution is 2.25. The summed E-state index contributed by atoms with van der Waals surface area (Å²) in [6.07, 6.45) is 0. The van der Waals surface area contributed by atoms with Gasteiger partial charge in [-0.2, -0.15) is 4.98 Å². The Morgan fingerprint density at radius 2 is 2.14 bits per heavy atom. The van der Waals surface area contributed by atoms with Crippen molar-refractivity contribution < 1.29 is 10.2 Å². The second-order valence-corrected chi connectivity index (χ2v) is 3.54. The highest BCUT2D eigenvalue weighted by molar-refractivity contribution is 7.13. The molecule has 0 aliphatic carbocycles. The van der Waals surface area contributed by atoms with E-state index >= 15 is 0 Å². The number of rotatable bonds is 2. The molecular formula is C9H8N2O2S. The van der Waals surface area contributed by atoms with E-state index in [1.165, 1.54) is 16.7 Å². The fraction of sp³-hybridized carbons (Fsp3) is 0. The third kappa shape index (κ3) is 1.94. The van der Waals surface area contributed by atoms with Crippen LogP contribution in [0.3, 0.4) is 0 Å². The molecule has 0 saturated heterocycles. The van der Waals surface area contributed by atoms with Crippen molar-refractivity contribution in [2.75, 3.05) is 5.32 Å². The average Bonchev–Trinajstić information content (AvgIpc) is 2.51. The lowest BCUT2D eigenvalue weighted by molar-refractivity contribution is 0.458. The number of aromatic nitrogens is 1. The zero-order valence-corrected chi connectivity index (χ0v) is 7.95. The van der Waals surface area contributed by atoms with Crippen molar-refractivity contribution in [3.05, 3.63) is 29.6 Å². The first-order valence-corrected chi connectivity index (χ1v) is 4.82. The minimum Gasteiger partial charge on any atom is -0.508 e. The Bertz CT molecular complexity index is 442. The molecule has 2 rings (SSSR count). The molecule has 1 heterocycles. The Morgan fingerprint density at radius 1 is 1.29 bits per heavy atom. The molecule has 0 radical (unpaired) electrons. The minimum absolute atomic E-state index is 0.00217. The monoisotopic (exact) mass is 208 g/mol. The predicted octanol–water partition coefficient (Wildman–Crippen LogP) is 2.30. The van der Waals surface area contributed by atoms with Crippen LogP contribution in [0, 0.1) is 0 Å². The second-order valence-electron chi connectivity index (χ2n) is 2.69. The summed E-state index contributed by atoms with van der Waals surface area (Å²) in [5.41, 5.74) is 0.736.